The molecule has 1 heterocycles. The van der Waals surface area contributed by atoms with Crippen molar-refractivity contribution in [3.8, 4) is 0 Å². The maximum atomic E-state index is 10.7. The predicted molar refractivity (Wildman–Crippen MR) is 38.0 cm³/mol. The Morgan fingerprint density at radius 3 is 1.93 bits per heavy atom. The summed E-state index contributed by atoms with van der Waals surface area (Å²) in [7, 11) is -4.23. The van der Waals surface area contributed by atoms with E-state index in [0.717, 1.165) is 5.82 Å². The second-order valence-corrected chi connectivity index (χ2v) is 3.68. The Bertz CT molecular complexity index is 395. The first kappa shape index (κ1) is 13.8. The molecule has 1 rings (SSSR count). The molecule has 0 amide bonds. The zero-order valence-corrected chi connectivity index (χ0v) is 8.43. The van der Waals surface area contributed by atoms with Gasteiger partial charge in [-0.05, 0) is 0 Å². The Kier molecular flexibility index (Phi) is 4.16. The zero-order chi connectivity index (χ0) is 12.3. The maximum absolute atomic E-state index is 10.7. The second-order valence-electron chi connectivity index (χ2n) is 2.31. The lowest BCUT2D eigenvalue weighted by Gasteiger charge is -2.08. The van der Waals surface area contributed by atoms with Gasteiger partial charge in [-0.1, -0.05) is 5.21 Å². The molecule has 1 aromatic rings. The highest BCUT2D eigenvalue weighted by Crippen LogP contribution is 2.20. The molecule has 1 aromatic heterocycles. The molecule has 0 fully saturated rings. The summed E-state index contributed by atoms with van der Waals surface area (Å²) < 4.78 is 60.6. The van der Waals surface area contributed by atoms with Gasteiger partial charge in [-0.3, -0.25) is 0 Å². The fraction of sp³-hybridized carbons (Fsp3) is 0.750. The van der Waals surface area contributed by atoms with Crippen LogP contribution in [0.3, 0.4) is 0 Å². The molecule has 0 saturated carbocycles. The molecule has 88 valence electrons. The van der Waals surface area contributed by atoms with Crippen molar-refractivity contribution in [2.45, 2.75) is 12.4 Å². The molecular weight excluding hydrogens is 241 g/mol. The van der Waals surface area contributed by atoms with E-state index in [2.05, 4.69) is 15.5 Å². The smallest absolute Gasteiger partial charge is 0.485 e. The van der Waals surface area contributed by atoms with Crippen LogP contribution in [0.15, 0.2) is 0 Å². The summed E-state index contributed by atoms with van der Waals surface area (Å²) in [6, 6.07) is 0. The number of nitrogens with zero attached hydrogens (tertiary/aromatic N) is 3. The van der Waals surface area contributed by atoms with Crippen LogP contribution in [-0.2, 0) is 17.2 Å². The van der Waals surface area contributed by atoms with Gasteiger partial charge >= 0.3 is 5.51 Å². The topological polar surface area (TPSA) is 103 Å². The third kappa shape index (κ3) is 4.69. The number of hydrogen-bond acceptors (Lipinski definition) is 5. The highest BCUT2D eigenvalue weighted by molar-refractivity contribution is 7.86. The van der Waals surface area contributed by atoms with Crippen LogP contribution in [0.1, 0.15) is 5.82 Å². The molecule has 0 aliphatic heterocycles. The normalized spacial score (nSPS) is 11.9. The summed E-state index contributed by atoms with van der Waals surface area (Å²) in [5.41, 5.74) is -5.65. The van der Waals surface area contributed by atoms with Gasteiger partial charge in [0.1, 0.15) is 5.10 Å². The van der Waals surface area contributed by atoms with Crippen LogP contribution in [-0.4, -0.2) is 34.0 Å². The van der Waals surface area contributed by atoms with Crippen molar-refractivity contribution in [2.75, 3.05) is 0 Å². The van der Waals surface area contributed by atoms with Crippen molar-refractivity contribution in [1.29, 1.82) is 0 Å². The van der Waals surface area contributed by atoms with Gasteiger partial charge in [0.05, 0.1) is 7.05 Å². The molecular formula is C4H7F3N4O3S. The molecule has 0 aliphatic carbocycles. The number of aryl methyl sites for hydroxylation is 2. The van der Waals surface area contributed by atoms with Gasteiger partial charge in [0.25, 0.3) is 5.82 Å². The minimum absolute atomic E-state index is 0.889. The minimum atomic E-state index is -6.09. The van der Waals surface area contributed by atoms with E-state index in [9.17, 15) is 13.2 Å². The molecule has 7 nitrogen and oxygen atoms in total. The molecule has 0 spiro atoms. The van der Waals surface area contributed by atoms with E-state index in [1.54, 1.807) is 4.68 Å². The summed E-state index contributed by atoms with van der Waals surface area (Å²) in [5, 5.41) is 9.81. The molecule has 0 aromatic carbocycles. The lowest BCUT2D eigenvalue weighted by atomic mass is 10.7. The zero-order valence-electron chi connectivity index (χ0n) is 7.61. The van der Waals surface area contributed by atoms with Gasteiger partial charge < -0.3 is 4.55 Å². The number of nitrogens with one attached hydrogen (secondary N) is 1. The van der Waals surface area contributed by atoms with Crippen LogP contribution in [0.4, 0.5) is 13.2 Å². The highest BCUT2D eigenvalue weighted by Gasteiger charge is 2.36. The Hall–Kier alpha value is -1.23. The van der Waals surface area contributed by atoms with Crippen LogP contribution in [0, 0.1) is 6.92 Å². The van der Waals surface area contributed by atoms with E-state index in [1.807, 2.05) is 14.0 Å². The Labute approximate surface area is 82.6 Å². The number of aromatic amines is 1. The molecule has 0 unspecified atom stereocenters. The van der Waals surface area contributed by atoms with Crippen molar-refractivity contribution < 1.29 is 30.8 Å². The largest absolute Gasteiger partial charge is 0.741 e. The number of aromatic nitrogens is 4. The van der Waals surface area contributed by atoms with Gasteiger partial charge in [0, 0.05) is 6.92 Å². The number of tetrazole rings is 1. The Morgan fingerprint density at radius 2 is 1.87 bits per heavy atom. The fourth-order valence-electron chi connectivity index (χ4n) is 0.301. The van der Waals surface area contributed by atoms with Crippen LogP contribution < -0.4 is 4.68 Å². The monoisotopic (exact) mass is 248 g/mol. The van der Waals surface area contributed by atoms with Gasteiger partial charge in [0.15, 0.2) is 15.3 Å². The number of alkyl halides is 3. The number of hydrogen-bond donors (Lipinski definition) is 1. The fourth-order valence-corrected chi connectivity index (χ4v) is 0.301. The summed E-state index contributed by atoms with van der Waals surface area (Å²) in [6.45, 7) is 1.88. The van der Waals surface area contributed by atoms with Crippen LogP contribution in [0.5, 0.6) is 0 Å². The van der Waals surface area contributed by atoms with Crippen molar-refractivity contribution >= 4 is 10.1 Å². The average molecular weight is 248 g/mol. The highest BCUT2D eigenvalue weighted by atomic mass is 32.2. The Balaban J connectivity index is 0.000000262. The van der Waals surface area contributed by atoms with Crippen LogP contribution in [0.25, 0.3) is 0 Å². The molecule has 0 saturated heterocycles. The lowest BCUT2D eigenvalue weighted by molar-refractivity contribution is -0.736. The number of rotatable bonds is 0. The minimum Gasteiger partial charge on any atom is -0.741 e. The molecule has 15 heavy (non-hydrogen) atoms. The van der Waals surface area contributed by atoms with E-state index in [1.165, 1.54) is 0 Å². The number of H-pyrrole nitrogens is 1. The van der Waals surface area contributed by atoms with E-state index in [4.69, 9.17) is 13.0 Å². The Morgan fingerprint density at radius 1 is 1.47 bits per heavy atom. The van der Waals surface area contributed by atoms with E-state index >= 15 is 0 Å². The standard InChI is InChI=1S/C3H6N4.CHF3O3S/c1-3-4-5-6-7(3)2;2-1(3,4)8(5,6)7/h1-2H3;(H,5,6,7). The summed E-state index contributed by atoms with van der Waals surface area (Å²) >= 11 is 0. The third-order valence-corrected chi connectivity index (χ3v) is 1.73. The molecule has 11 heteroatoms. The first-order valence-electron chi connectivity index (χ1n) is 3.31. The summed E-state index contributed by atoms with van der Waals surface area (Å²) in [6.07, 6.45) is 0. The lowest BCUT2D eigenvalue weighted by Crippen LogP contribution is -2.32. The van der Waals surface area contributed by atoms with Crippen LogP contribution in [0.2, 0.25) is 0 Å². The van der Waals surface area contributed by atoms with Crippen molar-refractivity contribution in [3.63, 3.8) is 0 Å². The van der Waals surface area contributed by atoms with E-state index in [0.29, 0.717) is 0 Å². The number of halogens is 3. The van der Waals surface area contributed by atoms with Gasteiger partial charge in [-0.2, -0.15) is 17.9 Å². The first-order chi connectivity index (χ1) is 6.55. The molecule has 0 atom stereocenters. The summed E-state index contributed by atoms with van der Waals surface area (Å²) in [5.74, 6) is 0.889. The first-order valence-corrected chi connectivity index (χ1v) is 4.72. The van der Waals surface area contributed by atoms with Crippen molar-refractivity contribution in [1.82, 2.24) is 15.5 Å². The molecule has 1 N–H and O–H groups in total. The predicted octanol–water partition coefficient (Wildman–Crippen LogP) is -1.01. The molecule has 0 radical (unpaired) electrons. The summed E-state index contributed by atoms with van der Waals surface area (Å²) in [4.78, 5) is 0. The van der Waals surface area contributed by atoms with E-state index < -0.39 is 15.6 Å². The van der Waals surface area contributed by atoms with Gasteiger partial charge in [-0.25, -0.2) is 8.42 Å². The van der Waals surface area contributed by atoms with Crippen molar-refractivity contribution in [3.05, 3.63) is 5.82 Å². The average Bonchev–Trinajstić information content (AvgIpc) is 2.33. The van der Waals surface area contributed by atoms with Crippen LogP contribution >= 0.6 is 0 Å². The SMILES string of the molecule is Cc1nn[nH][n+]1C.O=S(=O)([O-])C(F)(F)F. The molecule has 0 aliphatic rings. The second kappa shape index (κ2) is 4.53. The van der Waals surface area contributed by atoms with Gasteiger partial charge in [-0.15, -0.1) is 0 Å². The van der Waals surface area contributed by atoms with Gasteiger partial charge in [0.2, 0.25) is 0 Å². The van der Waals surface area contributed by atoms with E-state index in [-0.39, 0.29) is 0 Å². The quantitative estimate of drug-likeness (QED) is 0.360. The third-order valence-electron chi connectivity index (χ3n) is 1.16. The van der Waals surface area contributed by atoms with Crippen molar-refractivity contribution in [2.24, 2.45) is 7.05 Å². The molecule has 0 bridgehead atoms. The maximum Gasteiger partial charge on any atom is 0.485 e.